The molecule has 1 aromatic carbocycles. The van der Waals surface area contributed by atoms with E-state index in [1.807, 2.05) is 12.1 Å². The van der Waals surface area contributed by atoms with E-state index in [1.54, 1.807) is 12.1 Å². The molecule has 16 heavy (non-hydrogen) atoms. The lowest BCUT2D eigenvalue weighted by molar-refractivity contribution is 0.0953. The van der Waals surface area contributed by atoms with Crippen LogP contribution in [0.3, 0.4) is 0 Å². The Kier molecular flexibility index (Phi) is 5.39. The van der Waals surface area contributed by atoms with Crippen LogP contribution in [0.15, 0.2) is 33.9 Å². The summed E-state index contributed by atoms with van der Waals surface area (Å²) in [6, 6.07) is 7.11. The van der Waals surface area contributed by atoms with Crippen LogP contribution >= 0.6 is 15.9 Å². The van der Waals surface area contributed by atoms with Crippen LogP contribution in [-0.2, 0) is 0 Å². The Morgan fingerprint density at radius 1 is 1.44 bits per heavy atom. The zero-order chi connectivity index (χ0) is 11.8. The summed E-state index contributed by atoms with van der Waals surface area (Å²) >= 11 is 3.30. The maximum atomic E-state index is 11.6. The van der Waals surface area contributed by atoms with Gasteiger partial charge in [-0.2, -0.15) is 0 Å². The van der Waals surface area contributed by atoms with Crippen LogP contribution in [-0.4, -0.2) is 19.0 Å². The van der Waals surface area contributed by atoms with E-state index in [9.17, 15) is 4.79 Å². The lowest BCUT2D eigenvalue weighted by Crippen LogP contribution is -2.24. The van der Waals surface area contributed by atoms with E-state index < -0.39 is 0 Å². The first-order valence-corrected chi connectivity index (χ1v) is 5.58. The lowest BCUT2D eigenvalue weighted by Gasteiger charge is -2.03. The molecule has 6 heteroatoms. The van der Waals surface area contributed by atoms with Crippen molar-refractivity contribution in [2.24, 2.45) is 5.11 Å². The monoisotopic (exact) mass is 282 g/mol. The van der Waals surface area contributed by atoms with E-state index in [4.69, 9.17) is 5.53 Å². The van der Waals surface area contributed by atoms with Crippen molar-refractivity contribution in [1.82, 2.24) is 5.32 Å². The lowest BCUT2D eigenvalue weighted by atomic mass is 10.2. The van der Waals surface area contributed by atoms with Gasteiger partial charge in [-0.15, -0.1) is 0 Å². The maximum Gasteiger partial charge on any atom is 0.251 e. The molecule has 0 unspecified atom stereocenters. The molecule has 0 atom stereocenters. The third kappa shape index (κ3) is 4.33. The Bertz CT molecular complexity index is 398. The van der Waals surface area contributed by atoms with E-state index in [0.717, 1.165) is 4.47 Å². The van der Waals surface area contributed by atoms with Crippen LogP contribution in [0.5, 0.6) is 0 Å². The quantitative estimate of drug-likeness (QED) is 0.383. The van der Waals surface area contributed by atoms with Gasteiger partial charge in [-0.05, 0) is 36.2 Å². The highest BCUT2D eigenvalue weighted by atomic mass is 79.9. The number of halogens is 1. The van der Waals surface area contributed by atoms with Crippen molar-refractivity contribution in [3.05, 3.63) is 44.7 Å². The molecule has 0 bridgehead atoms. The first-order valence-electron chi connectivity index (χ1n) is 4.78. The molecule has 84 valence electrons. The minimum Gasteiger partial charge on any atom is -0.352 e. The fourth-order valence-corrected chi connectivity index (χ4v) is 1.36. The van der Waals surface area contributed by atoms with Gasteiger partial charge in [0.05, 0.1) is 0 Å². The van der Waals surface area contributed by atoms with E-state index in [2.05, 4.69) is 31.3 Å². The molecule has 1 rings (SSSR count). The topological polar surface area (TPSA) is 77.9 Å². The van der Waals surface area contributed by atoms with Gasteiger partial charge in [-0.1, -0.05) is 21.0 Å². The molecule has 1 aromatic rings. The number of azide groups is 1. The molecule has 0 heterocycles. The van der Waals surface area contributed by atoms with Crippen molar-refractivity contribution in [3.8, 4) is 0 Å². The van der Waals surface area contributed by atoms with Crippen LogP contribution in [0.25, 0.3) is 10.4 Å². The zero-order valence-corrected chi connectivity index (χ0v) is 10.1. The zero-order valence-electron chi connectivity index (χ0n) is 8.56. The highest BCUT2D eigenvalue weighted by Crippen LogP contribution is 2.10. The minimum atomic E-state index is -0.117. The Morgan fingerprint density at radius 3 is 2.75 bits per heavy atom. The second kappa shape index (κ2) is 6.87. The molecule has 0 fully saturated rings. The highest BCUT2D eigenvalue weighted by molar-refractivity contribution is 9.10. The van der Waals surface area contributed by atoms with Crippen molar-refractivity contribution in [2.75, 3.05) is 13.1 Å². The van der Waals surface area contributed by atoms with Gasteiger partial charge in [0.2, 0.25) is 0 Å². The van der Waals surface area contributed by atoms with E-state index in [0.29, 0.717) is 25.1 Å². The molecule has 0 aliphatic heterocycles. The Balaban J connectivity index is 2.35. The van der Waals surface area contributed by atoms with Crippen LogP contribution in [0.2, 0.25) is 0 Å². The van der Waals surface area contributed by atoms with Gasteiger partial charge in [0.25, 0.3) is 5.91 Å². The number of amides is 1. The number of hydrogen-bond donors (Lipinski definition) is 1. The number of carbonyl (C=O) groups is 1. The molecule has 0 aliphatic carbocycles. The first-order chi connectivity index (χ1) is 7.74. The fraction of sp³-hybridized carbons (Fsp3) is 0.300. The number of nitrogens with zero attached hydrogens (tertiary/aromatic N) is 3. The van der Waals surface area contributed by atoms with Gasteiger partial charge >= 0.3 is 0 Å². The van der Waals surface area contributed by atoms with Crippen LogP contribution < -0.4 is 5.32 Å². The SMILES string of the molecule is [N-]=[N+]=NCCCNC(=O)c1ccc(Br)cc1. The van der Waals surface area contributed by atoms with Gasteiger partial charge in [-0.25, -0.2) is 0 Å². The summed E-state index contributed by atoms with van der Waals surface area (Å²) in [5, 5.41) is 6.12. The largest absolute Gasteiger partial charge is 0.352 e. The Morgan fingerprint density at radius 2 is 2.12 bits per heavy atom. The average Bonchev–Trinajstić information content (AvgIpc) is 2.29. The summed E-state index contributed by atoms with van der Waals surface area (Å²) in [6.45, 7) is 0.908. The van der Waals surface area contributed by atoms with Gasteiger partial charge in [0.15, 0.2) is 0 Å². The summed E-state index contributed by atoms with van der Waals surface area (Å²) in [6.07, 6.45) is 0.645. The first kappa shape index (κ1) is 12.5. The third-order valence-electron chi connectivity index (χ3n) is 1.89. The molecule has 1 N–H and O–H groups in total. The van der Waals surface area contributed by atoms with E-state index in [1.165, 1.54) is 0 Å². The molecule has 0 spiro atoms. The van der Waals surface area contributed by atoms with Crippen molar-refractivity contribution < 1.29 is 4.79 Å². The van der Waals surface area contributed by atoms with Crippen molar-refractivity contribution in [3.63, 3.8) is 0 Å². The Labute approximate surface area is 102 Å². The summed E-state index contributed by atoms with van der Waals surface area (Å²) in [5.41, 5.74) is 8.66. The van der Waals surface area contributed by atoms with Crippen LogP contribution in [0.1, 0.15) is 16.8 Å². The molecular weight excluding hydrogens is 272 g/mol. The average molecular weight is 283 g/mol. The highest BCUT2D eigenvalue weighted by Gasteiger charge is 2.03. The smallest absolute Gasteiger partial charge is 0.251 e. The molecule has 0 radical (unpaired) electrons. The van der Waals surface area contributed by atoms with Crippen LogP contribution in [0.4, 0.5) is 0 Å². The molecule has 0 saturated carbocycles. The standard InChI is InChI=1S/C10H11BrN4O/c11-9-4-2-8(3-5-9)10(16)13-6-1-7-14-15-12/h2-5H,1,6-7H2,(H,13,16). The molecular formula is C10H11BrN4O. The summed E-state index contributed by atoms with van der Waals surface area (Å²) in [7, 11) is 0. The molecule has 1 amide bonds. The van der Waals surface area contributed by atoms with Crippen molar-refractivity contribution >= 4 is 21.8 Å². The van der Waals surface area contributed by atoms with E-state index >= 15 is 0 Å². The second-order valence-corrected chi connectivity index (χ2v) is 3.99. The van der Waals surface area contributed by atoms with E-state index in [-0.39, 0.29) is 5.91 Å². The predicted molar refractivity (Wildman–Crippen MR) is 65.1 cm³/mol. The maximum absolute atomic E-state index is 11.6. The molecule has 5 nitrogen and oxygen atoms in total. The van der Waals surface area contributed by atoms with Crippen LogP contribution in [0, 0.1) is 0 Å². The normalized spacial score (nSPS) is 9.31. The predicted octanol–water partition coefficient (Wildman–Crippen LogP) is 2.88. The summed E-state index contributed by atoms with van der Waals surface area (Å²) in [4.78, 5) is 14.2. The third-order valence-corrected chi connectivity index (χ3v) is 2.42. The molecule has 0 aromatic heterocycles. The number of benzene rings is 1. The minimum absolute atomic E-state index is 0.117. The van der Waals surface area contributed by atoms with Gasteiger partial charge in [-0.3, -0.25) is 4.79 Å². The van der Waals surface area contributed by atoms with Crippen molar-refractivity contribution in [2.45, 2.75) is 6.42 Å². The molecule has 0 aliphatic rings. The Hall–Kier alpha value is -1.52. The number of nitrogens with one attached hydrogen (secondary N) is 1. The second-order valence-electron chi connectivity index (χ2n) is 3.07. The van der Waals surface area contributed by atoms with Gasteiger partial charge in [0.1, 0.15) is 0 Å². The van der Waals surface area contributed by atoms with Gasteiger partial charge < -0.3 is 5.32 Å². The summed E-state index contributed by atoms with van der Waals surface area (Å²) in [5.74, 6) is -0.117. The fourth-order valence-electron chi connectivity index (χ4n) is 1.10. The number of rotatable bonds is 5. The molecule has 0 saturated heterocycles. The summed E-state index contributed by atoms with van der Waals surface area (Å²) < 4.78 is 0.937. The number of carbonyl (C=O) groups excluding carboxylic acids is 1. The van der Waals surface area contributed by atoms with Crippen molar-refractivity contribution in [1.29, 1.82) is 0 Å². The van der Waals surface area contributed by atoms with Gasteiger partial charge in [0, 0.05) is 28.0 Å². The number of hydrogen-bond acceptors (Lipinski definition) is 2.